The first-order valence-corrected chi connectivity index (χ1v) is 2.87. The lowest BCUT2D eigenvalue weighted by atomic mass is 10.1. The number of amides is 1. The van der Waals surface area contributed by atoms with E-state index in [0.717, 1.165) is 0 Å². The van der Waals surface area contributed by atoms with Gasteiger partial charge in [0, 0.05) is 0 Å². The lowest BCUT2D eigenvalue weighted by Gasteiger charge is -2.16. The van der Waals surface area contributed by atoms with E-state index in [1.807, 2.05) is 0 Å². The minimum Gasteiger partial charge on any atom is -0.370 e. The molecule has 1 aliphatic rings. The molecule has 0 saturated carbocycles. The molecule has 1 amide bonds. The average molecular weight is 127 g/mol. The summed E-state index contributed by atoms with van der Waals surface area (Å²) in [6.07, 6.45) is 2.46. The Morgan fingerprint density at radius 2 is 2.33 bits per heavy atom. The minimum atomic E-state index is -0.784. The number of carbonyl (C=O) groups is 1. The van der Waals surface area contributed by atoms with Crippen LogP contribution in [0.15, 0.2) is 12.2 Å². The normalized spacial score (nSPS) is 34.2. The average Bonchev–Trinajstić information content (AvgIpc) is 1.80. The van der Waals surface area contributed by atoms with Gasteiger partial charge in [0.25, 0.3) is 0 Å². The first-order chi connectivity index (χ1) is 4.20. The summed E-state index contributed by atoms with van der Waals surface area (Å²) in [5.41, 5.74) is 0. The molecule has 1 aliphatic heterocycles. The van der Waals surface area contributed by atoms with Crippen molar-refractivity contribution in [2.75, 3.05) is 0 Å². The van der Waals surface area contributed by atoms with Crippen molar-refractivity contribution in [3.63, 3.8) is 0 Å². The monoisotopic (exact) mass is 127 g/mol. The van der Waals surface area contributed by atoms with Crippen molar-refractivity contribution in [1.29, 1.82) is 0 Å². The molecule has 2 unspecified atom stereocenters. The van der Waals surface area contributed by atoms with Crippen LogP contribution in [0.5, 0.6) is 0 Å². The van der Waals surface area contributed by atoms with Crippen LogP contribution in [0.4, 0.5) is 0 Å². The molecule has 0 spiro atoms. The molecule has 1 rings (SSSR count). The van der Waals surface area contributed by atoms with Gasteiger partial charge < -0.3 is 10.4 Å². The first kappa shape index (κ1) is 6.29. The van der Waals surface area contributed by atoms with Gasteiger partial charge in [-0.15, -0.1) is 0 Å². The Hall–Kier alpha value is -0.830. The summed E-state index contributed by atoms with van der Waals surface area (Å²) >= 11 is 0. The van der Waals surface area contributed by atoms with E-state index in [1.165, 1.54) is 0 Å². The third-order valence-corrected chi connectivity index (χ3v) is 1.29. The fourth-order valence-corrected chi connectivity index (χ4v) is 0.685. The number of aliphatic hydroxyl groups excluding tert-OH is 1. The topological polar surface area (TPSA) is 49.3 Å². The smallest absolute Gasteiger partial charge is 0.228 e. The lowest BCUT2D eigenvalue weighted by molar-refractivity contribution is -0.126. The van der Waals surface area contributed by atoms with Crippen LogP contribution in [0.1, 0.15) is 6.92 Å². The standard InChI is InChI=1S/C6H9NO2/c1-4-2-3-5(8)7-6(4)9/h2-5,8H,1H3,(H,7,9). The highest BCUT2D eigenvalue weighted by molar-refractivity contribution is 5.81. The van der Waals surface area contributed by atoms with E-state index < -0.39 is 6.23 Å². The van der Waals surface area contributed by atoms with E-state index in [0.29, 0.717) is 0 Å². The molecule has 2 atom stereocenters. The summed E-state index contributed by atoms with van der Waals surface area (Å²) in [6, 6.07) is 0. The van der Waals surface area contributed by atoms with Gasteiger partial charge in [-0.2, -0.15) is 0 Å². The predicted octanol–water partition coefficient (Wildman–Crippen LogP) is -0.373. The zero-order chi connectivity index (χ0) is 6.85. The largest absolute Gasteiger partial charge is 0.370 e. The maximum Gasteiger partial charge on any atom is 0.228 e. The summed E-state index contributed by atoms with van der Waals surface area (Å²) in [7, 11) is 0. The van der Waals surface area contributed by atoms with Gasteiger partial charge in [-0.3, -0.25) is 4.79 Å². The molecule has 0 bridgehead atoms. The van der Waals surface area contributed by atoms with E-state index in [1.54, 1.807) is 19.1 Å². The van der Waals surface area contributed by atoms with Crippen molar-refractivity contribution in [3.8, 4) is 0 Å². The van der Waals surface area contributed by atoms with Crippen LogP contribution in [0, 0.1) is 5.92 Å². The van der Waals surface area contributed by atoms with Gasteiger partial charge in [0.05, 0.1) is 5.92 Å². The van der Waals surface area contributed by atoms with Crippen LogP contribution in [-0.4, -0.2) is 17.2 Å². The number of carbonyl (C=O) groups excluding carboxylic acids is 1. The Morgan fingerprint density at radius 1 is 1.67 bits per heavy atom. The summed E-state index contributed by atoms with van der Waals surface area (Å²) < 4.78 is 0. The molecule has 3 heteroatoms. The maximum atomic E-state index is 10.7. The number of hydrogen-bond acceptors (Lipinski definition) is 2. The van der Waals surface area contributed by atoms with Crippen molar-refractivity contribution >= 4 is 5.91 Å². The van der Waals surface area contributed by atoms with Gasteiger partial charge in [-0.1, -0.05) is 13.0 Å². The molecule has 0 saturated heterocycles. The Bertz CT molecular complexity index is 153. The highest BCUT2D eigenvalue weighted by Crippen LogP contribution is 2.03. The number of hydrogen-bond donors (Lipinski definition) is 2. The molecule has 9 heavy (non-hydrogen) atoms. The van der Waals surface area contributed by atoms with Crippen molar-refractivity contribution in [2.45, 2.75) is 13.2 Å². The Kier molecular flexibility index (Phi) is 1.53. The van der Waals surface area contributed by atoms with Crippen molar-refractivity contribution in [1.82, 2.24) is 5.32 Å². The Morgan fingerprint density at radius 3 is 2.78 bits per heavy atom. The molecule has 0 radical (unpaired) electrons. The highest BCUT2D eigenvalue weighted by Gasteiger charge is 2.16. The Balaban J connectivity index is 2.65. The molecular formula is C6H9NO2. The number of nitrogens with one attached hydrogen (secondary N) is 1. The van der Waals surface area contributed by atoms with E-state index in [9.17, 15) is 4.79 Å². The highest BCUT2D eigenvalue weighted by atomic mass is 16.3. The third-order valence-electron chi connectivity index (χ3n) is 1.29. The third kappa shape index (κ3) is 1.29. The summed E-state index contributed by atoms with van der Waals surface area (Å²) in [5, 5.41) is 11.1. The zero-order valence-corrected chi connectivity index (χ0v) is 5.16. The molecule has 0 aliphatic carbocycles. The van der Waals surface area contributed by atoms with Crippen LogP contribution < -0.4 is 5.32 Å². The summed E-state index contributed by atoms with van der Waals surface area (Å²) in [5.74, 6) is -0.224. The SMILES string of the molecule is CC1C=CC(O)NC1=O. The van der Waals surface area contributed by atoms with E-state index >= 15 is 0 Å². The number of aliphatic hydroxyl groups is 1. The van der Waals surface area contributed by atoms with Crippen molar-refractivity contribution in [3.05, 3.63) is 12.2 Å². The molecule has 0 aromatic heterocycles. The molecule has 0 aromatic rings. The summed E-state index contributed by atoms with van der Waals surface area (Å²) in [6.45, 7) is 1.78. The maximum absolute atomic E-state index is 10.7. The fourth-order valence-electron chi connectivity index (χ4n) is 0.685. The van der Waals surface area contributed by atoms with Gasteiger partial charge in [0.1, 0.15) is 6.23 Å². The van der Waals surface area contributed by atoms with Crippen molar-refractivity contribution < 1.29 is 9.90 Å². The van der Waals surface area contributed by atoms with Crippen LogP contribution in [-0.2, 0) is 4.79 Å². The Labute approximate surface area is 53.4 Å². The molecule has 50 valence electrons. The molecular weight excluding hydrogens is 118 g/mol. The van der Waals surface area contributed by atoms with E-state index in [4.69, 9.17) is 5.11 Å². The minimum absolute atomic E-state index is 0.103. The second-order valence-electron chi connectivity index (χ2n) is 2.13. The lowest BCUT2D eigenvalue weighted by Crippen LogP contribution is -2.39. The van der Waals surface area contributed by atoms with Gasteiger partial charge in [0.2, 0.25) is 5.91 Å². The van der Waals surface area contributed by atoms with Gasteiger partial charge in [-0.05, 0) is 6.08 Å². The first-order valence-electron chi connectivity index (χ1n) is 2.87. The van der Waals surface area contributed by atoms with Crippen LogP contribution in [0.25, 0.3) is 0 Å². The zero-order valence-electron chi connectivity index (χ0n) is 5.16. The van der Waals surface area contributed by atoms with Crippen LogP contribution in [0.3, 0.4) is 0 Å². The second kappa shape index (κ2) is 2.19. The van der Waals surface area contributed by atoms with Gasteiger partial charge in [0.15, 0.2) is 0 Å². The van der Waals surface area contributed by atoms with Crippen LogP contribution in [0.2, 0.25) is 0 Å². The summed E-state index contributed by atoms with van der Waals surface area (Å²) in [4.78, 5) is 10.7. The molecule has 3 nitrogen and oxygen atoms in total. The molecule has 1 heterocycles. The van der Waals surface area contributed by atoms with E-state index in [2.05, 4.69) is 5.32 Å². The molecule has 0 fully saturated rings. The van der Waals surface area contributed by atoms with Crippen molar-refractivity contribution in [2.24, 2.45) is 5.92 Å². The number of rotatable bonds is 0. The van der Waals surface area contributed by atoms with Gasteiger partial charge in [-0.25, -0.2) is 0 Å². The van der Waals surface area contributed by atoms with E-state index in [-0.39, 0.29) is 11.8 Å². The van der Waals surface area contributed by atoms with Crippen LogP contribution >= 0.6 is 0 Å². The molecule has 2 N–H and O–H groups in total. The molecule has 0 aromatic carbocycles. The fraction of sp³-hybridized carbons (Fsp3) is 0.500. The predicted molar refractivity (Wildman–Crippen MR) is 32.5 cm³/mol. The second-order valence-corrected chi connectivity index (χ2v) is 2.13. The quantitative estimate of drug-likeness (QED) is 0.436. The van der Waals surface area contributed by atoms with Gasteiger partial charge >= 0.3 is 0 Å².